The number of imidazole rings is 1. The second-order valence-electron chi connectivity index (χ2n) is 8.25. The van der Waals surface area contributed by atoms with Crippen LogP contribution >= 0.6 is 0 Å². The van der Waals surface area contributed by atoms with Crippen LogP contribution in [0.3, 0.4) is 0 Å². The predicted octanol–water partition coefficient (Wildman–Crippen LogP) is 4.18. The molecule has 0 saturated heterocycles. The average molecular weight is 438 g/mol. The number of nitrogens with one attached hydrogen (secondary N) is 1. The molecule has 32 heavy (non-hydrogen) atoms. The smallest absolute Gasteiger partial charge is 0.241 e. The van der Waals surface area contributed by atoms with Gasteiger partial charge in [0.05, 0.1) is 30.1 Å². The predicted molar refractivity (Wildman–Crippen MR) is 122 cm³/mol. The number of aryl methyl sites for hydroxylation is 2. The zero-order valence-electron chi connectivity index (χ0n) is 18.5. The van der Waals surface area contributed by atoms with Crippen LogP contribution in [-0.2, 0) is 11.3 Å². The largest absolute Gasteiger partial charge is 0.379 e. The van der Waals surface area contributed by atoms with Crippen molar-refractivity contribution in [2.24, 2.45) is 0 Å². The van der Waals surface area contributed by atoms with Crippen molar-refractivity contribution in [3.05, 3.63) is 36.4 Å². The Morgan fingerprint density at radius 2 is 2.00 bits per heavy atom. The summed E-state index contributed by atoms with van der Waals surface area (Å²) in [6.45, 7) is 4.49. The van der Waals surface area contributed by atoms with Crippen LogP contribution in [0.25, 0.3) is 27.9 Å². The Kier molecular flexibility index (Phi) is 5.73. The Labute approximate surface area is 185 Å². The van der Waals surface area contributed by atoms with Crippen LogP contribution in [-0.4, -0.2) is 54.6 Å². The molecule has 0 spiro atoms. The van der Waals surface area contributed by atoms with Crippen molar-refractivity contribution < 1.29 is 9.13 Å². The molecule has 0 amide bonds. The highest BCUT2D eigenvalue weighted by Crippen LogP contribution is 2.27. The van der Waals surface area contributed by atoms with Crippen LogP contribution in [0.5, 0.6) is 0 Å². The van der Waals surface area contributed by atoms with E-state index in [0.29, 0.717) is 23.7 Å². The Bertz CT molecular complexity index is 1230. The molecular formula is C23H28FN7O. The van der Waals surface area contributed by atoms with Gasteiger partial charge in [-0.2, -0.15) is 0 Å². The number of rotatable bonds is 7. The molecule has 0 unspecified atom stereocenters. The molecule has 0 aromatic carbocycles. The second-order valence-corrected chi connectivity index (χ2v) is 8.25. The zero-order valence-corrected chi connectivity index (χ0v) is 18.5. The molecule has 1 aliphatic carbocycles. The molecule has 1 N–H and O–H groups in total. The number of halogens is 1. The fraction of sp³-hybridized carbons (Fsp3) is 0.478. The first kappa shape index (κ1) is 20.8. The number of ether oxygens (including phenoxy) is 1. The molecule has 0 radical (unpaired) electrons. The van der Waals surface area contributed by atoms with Crippen LogP contribution in [0.15, 0.2) is 30.6 Å². The topological polar surface area (TPSA) is 82.2 Å². The maximum atomic E-state index is 13.0. The van der Waals surface area contributed by atoms with Crippen LogP contribution < -0.4 is 5.32 Å². The Morgan fingerprint density at radius 1 is 1.16 bits per heavy atom. The fourth-order valence-electron chi connectivity index (χ4n) is 4.59. The molecule has 1 fully saturated rings. The Morgan fingerprint density at radius 3 is 2.78 bits per heavy atom. The lowest BCUT2D eigenvalue weighted by Crippen LogP contribution is -2.30. The molecule has 5 rings (SSSR count). The number of hydrogen-bond donors (Lipinski definition) is 1. The molecule has 168 valence electrons. The molecule has 4 aromatic heterocycles. The minimum absolute atomic E-state index is 0.250. The number of fused-ring (bicyclic) bond motifs is 2. The van der Waals surface area contributed by atoms with Crippen LogP contribution in [0.2, 0.25) is 0 Å². The van der Waals surface area contributed by atoms with Gasteiger partial charge in [0.25, 0.3) is 0 Å². The summed E-state index contributed by atoms with van der Waals surface area (Å²) >= 11 is 0. The summed E-state index contributed by atoms with van der Waals surface area (Å²) in [5.41, 5.74) is 4.06. The van der Waals surface area contributed by atoms with Gasteiger partial charge in [-0.05, 0) is 57.7 Å². The number of pyridine rings is 1. The molecule has 9 heteroatoms. The van der Waals surface area contributed by atoms with E-state index < -0.39 is 6.67 Å². The summed E-state index contributed by atoms with van der Waals surface area (Å²) in [5.74, 6) is 1.39. The van der Waals surface area contributed by atoms with Gasteiger partial charge in [-0.25, -0.2) is 23.9 Å². The highest BCUT2D eigenvalue weighted by Gasteiger charge is 2.22. The van der Waals surface area contributed by atoms with Gasteiger partial charge in [0.1, 0.15) is 18.0 Å². The van der Waals surface area contributed by atoms with Gasteiger partial charge in [0.15, 0.2) is 5.65 Å². The van der Waals surface area contributed by atoms with E-state index in [1.807, 2.05) is 53.5 Å². The van der Waals surface area contributed by atoms with E-state index in [4.69, 9.17) is 9.72 Å². The highest BCUT2D eigenvalue weighted by molar-refractivity contribution is 5.82. The van der Waals surface area contributed by atoms with Gasteiger partial charge in [-0.15, -0.1) is 5.10 Å². The quantitative estimate of drug-likeness (QED) is 0.467. The molecule has 0 bridgehead atoms. The average Bonchev–Trinajstić information content (AvgIpc) is 3.36. The first-order valence-electron chi connectivity index (χ1n) is 11.3. The minimum Gasteiger partial charge on any atom is -0.379 e. The van der Waals surface area contributed by atoms with Crippen molar-refractivity contribution in [3.63, 3.8) is 0 Å². The van der Waals surface area contributed by atoms with E-state index in [2.05, 4.69) is 20.4 Å². The lowest BCUT2D eigenvalue weighted by molar-refractivity contribution is 0.0346. The first-order valence-corrected chi connectivity index (χ1v) is 11.3. The number of nitrogens with zero attached hydrogens (tertiary/aromatic N) is 6. The van der Waals surface area contributed by atoms with Gasteiger partial charge in [-0.1, -0.05) is 0 Å². The standard InChI is InChI=1S/C23H28FN7O/c1-3-32-17-6-4-16(5-7-17)27-23-25-14-21-18(10-12-31(21)29-23)19-8-9-20-22(28-19)30(13-11-24)15(2)26-20/h8-10,12,14,16-17H,3-7,11,13H2,1-2H3,(H,27,29)/t16-,17+. The minimum atomic E-state index is -0.454. The monoisotopic (exact) mass is 437 g/mol. The second kappa shape index (κ2) is 8.82. The highest BCUT2D eigenvalue weighted by atomic mass is 19.1. The number of anilines is 1. The first-order chi connectivity index (χ1) is 15.7. The molecular weight excluding hydrogens is 409 g/mol. The van der Waals surface area contributed by atoms with Crippen molar-refractivity contribution >= 4 is 22.6 Å². The van der Waals surface area contributed by atoms with Gasteiger partial charge in [0, 0.05) is 24.4 Å². The maximum absolute atomic E-state index is 13.0. The molecule has 4 heterocycles. The van der Waals surface area contributed by atoms with Gasteiger partial charge < -0.3 is 14.6 Å². The summed E-state index contributed by atoms with van der Waals surface area (Å²) in [7, 11) is 0. The van der Waals surface area contributed by atoms with E-state index in [-0.39, 0.29) is 6.54 Å². The maximum Gasteiger partial charge on any atom is 0.241 e. The van der Waals surface area contributed by atoms with Crippen LogP contribution in [0, 0.1) is 6.92 Å². The van der Waals surface area contributed by atoms with Crippen molar-refractivity contribution in [1.29, 1.82) is 0 Å². The number of aromatic nitrogens is 6. The van der Waals surface area contributed by atoms with Crippen LogP contribution in [0.1, 0.15) is 38.4 Å². The molecule has 0 atom stereocenters. The van der Waals surface area contributed by atoms with Gasteiger partial charge in [0.2, 0.25) is 5.95 Å². The van der Waals surface area contributed by atoms with Gasteiger partial charge in [-0.3, -0.25) is 0 Å². The number of hydrogen-bond acceptors (Lipinski definition) is 6. The van der Waals surface area contributed by atoms with E-state index in [1.54, 1.807) is 0 Å². The van der Waals surface area contributed by atoms with E-state index in [9.17, 15) is 4.39 Å². The third-order valence-electron chi connectivity index (χ3n) is 6.19. The molecule has 1 saturated carbocycles. The van der Waals surface area contributed by atoms with Gasteiger partial charge >= 0.3 is 0 Å². The van der Waals surface area contributed by atoms with Crippen molar-refractivity contribution in [2.45, 2.75) is 58.2 Å². The van der Waals surface area contributed by atoms with E-state index >= 15 is 0 Å². The SMILES string of the molecule is CCO[C@H]1CC[C@@H](Nc2ncc3c(-c4ccc5nc(C)n(CCF)c5n4)ccn3n2)CC1. The lowest BCUT2D eigenvalue weighted by atomic mass is 9.93. The molecule has 8 nitrogen and oxygen atoms in total. The normalized spacial score (nSPS) is 19.1. The van der Waals surface area contributed by atoms with Crippen molar-refractivity contribution in [3.8, 4) is 11.3 Å². The van der Waals surface area contributed by atoms with E-state index in [0.717, 1.165) is 60.4 Å². The summed E-state index contributed by atoms with van der Waals surface area (Å²) < 4.78 is 22.4. The lowest BCUT2D eigenvalue weighted by Gasteiger charge is -2.28. The molecule has 1 aliphatic rings. The summed E-state index contributed by atoms with van der Waals surface area (Å²) in [6, 6.07) is 6.21. The summed E-state index contributed by atoms with van der Waals surface area (Å²) in [6.07, 6.45) is 8.36. The van der Waals surface area contributed by atoms with Crippen molar-refractivity contribution in [2.75, 3.05) is 18.6 Å². The zero-order chi connectivity index (χ0) is 22.1. The molecule has 4 aromatic rings. The number of alkyl halides is 1. The Hall–Kier alpha value is -3.07. The summed E-state index contributed by atoms with van der Waals surface area (Å²) in [5, 5.41) is 8.12. The fourth-order valence-corrected chi connectivity index (χ4v) is 4.59. The molecule has 0 aliphatic heterocycles. The third kappa shape index (κ3) is 3.92. The van der Waals surface area contributed by atoms with E-state index in [1.165, 1.54) is 0 Å². The van der Waals surface area contributed by atoms with Crippen molar-refractivity contribution in [1.82, 2.24) is 29.1 Å². The third-order valence-corrected chi connectivity index (χ3v) is 6.19. The Balaban J connectivity index is 1.38. The van der Waals surface area contributed by atoms with Crippen LogP contribution in [0.4, 0.5) is 10.3 Å². The summed E-state index contributed by atoms with van der Waals surface area (Å²) in [4.78, 5) is 13.8.